The van der Waals surface area contributed by atoms with Gasteiger partial charge in [-0.15, -0.1) is 0 Å². The van der Waals surface area contributed by atoms with Crippen LogP contribution in [-0.2, 0) is 26.5 Å². The first-order chi connectivity index (χ1) is 15.3. The molecule has 10 heteroatoms. The summed E-state index contributed by atoms with van der Waals surface area (Å²) in [5.41, 5.74) is 3.95. The molecule has 0 fully saturated rings. The van der Waals surface area contributed by atoms with Gasteiger partial charge in [-0.3, -0.25) is 9.44 Å². The molecular formula is C23H30N4O4S2. The van der Waals surface area contributed by atoms with Crippen molar-refractivity contribution >= 4 is 48.1 Å². The van der Waals surface area contributed by atoms with Gasteiger partial charge < -0.3 is 4.90 Å². The molecule has 3 aromatic rings. The third-order valence-electron chi connectivity index (χ3n) is 5.12. The molecule has 8 nitrogen and oxygen atoms in total. The molecule has 0 spiro atoms. The van der Waals surface area contributed by atoms with Gasteiger partial charge in [-0.2, -0.15) is 0 Å². The Kier molecular flexibility index (Phi) is 7.18. The topological polar surface area (TPSA) is 108 Å². The van der Waals surface area contributed by atoms with Gasteiger partial charge >= 0.3 is 0 Å². The number of anilines is 3. The number of nitrogens with zero attached hydrogens (tertiary/aromatic N) is 2. The monoisotopic (exact) mass is 490 g/mol. The van der Waals surface area contributed by atoms with Crippen LogP contribution in [0.5, 0.6) is 0 Å². The van der Waals surface area contributed by atoms with Crippen LogP contribution in [0.2, 0.25) is 0 Å². The van der Waals surface area contributed by atoms with E-state index in [1.165, 1.54) is 0 Å². The predicted octanol–water partition coefficient (Wildman–Crippen LogP) is 3.74. The lowest BCUT2D eigenvalue weighted by Gasteiger charge is -2.29. The Balaban J connectivity index is 1.81. The van der Waals surface area contributed by atoms with Crippen LogP contribution in [0.25, 0.3) is 10.9 Å². The van der Waals surface area contributed by atoms with E-state index in [1.807, 2.05) is 31.2 Å². The summed E-state index contributed by atoms with van der Waals surface area (Å²) in [6.45, 7) is 6.95. The normalized spacial score (nSPS) is 12.2. The van der Waals surface area contributed by atoms with Gasteiger partial charge in [-0.1, -0.05) is 12.1 Å². The molecule has 0 atom stereocenters. The van der Waals surface area contributed by atoms with Gasteiger partial charge in [0.25, 0.3) is 0 Å². The fraction of sp³-hybridized carbons (Fsp3) is 0.348. The fourth-order valence-electron chi connectivity index (χ4n) is 3.64. The first-order valence-corrected chi connectivity index (χ1v) is 14.3. The lowest BCUT2D eigenvalue weighted by molar-refractivity contribution is 0.605. The average Bonchev–Trinajstić information content (AvgIpc) is 2.67. The Morgan fingerprint density at radius 1 is 0.879 bits per heavy atom. The second kappa shape index (κ2) is 9.56. The highest BCUT2D eigenvalue weighted by atomic mass is 32.2. The molecule has 1 aromatic heterocycles. The maximum atomic E-state index is 11.5. The highest BCUT2D eigenvalue weighted by molar-refractivity contribution is 7.92. The number of benzene rings is 2. The van der Waals surface area contributed by atoms with E-state index in [9.17, 15) is 16.8 Å². The van der Waals surface area contributed by atoms with Crippen LogP contribution in [-0.4, -0.2) is 46.9 Å². The Morgan fingerprint density at radius 2 is 1.45 bits per heavy atom. The molecule has 0 aliphatic rings. The van der Waals surface area contributed by atoms with Crippen molar-refractivity contribution in [1.82, 2.24) is 4.98 Å². The molecule has 0 bridgehead atoms. The van der Waals surface area contributed by atoms with E-state index in [-0.39, 0.29) is 6.04 Å². The summed E-state index contributed by atoms with van der Waals surface area (Å²) >= 11 is 0. The molecule has 2 N–H and O–H groups in total. The highest BCUT2D eigenvalue weighted by Gasteiger charge is 2.15. The van der Waals surface area contributed by atoms with Gasteiger partial charge in [0.2, 0.25) is 20.0 Å². The van der Waals surface area contributed by atoms with Crippen molar-refractivity contribution in [2.45, 2.75) is 33.2 Å². The maximum absolute atomic E-state index is 11.5. The van der Waals surface area contributed by atoms with Crippen LogP contribution in [0.15, 0.2) is 48.5 Å². The molecule has 33 heavy (non-hydrogen) atoms. The van der Waals surface area contributed by atoms with Gasteiger partial charge in [0, 0.05) is 29.3 Å². The largest absolute Gasteiger partial charge is 0.354 e. The number of sulfonamides is 2. The van der Waals surface area contributed by atoms with Crippen molar-refractivity contribution in [3.05, 3.63) is 59.7 Å². The Labute approximate surface area is 196 Å². The number of aromatic nitrogens is 1. The third kappa shape index (κ3) is 7.06. The zero-order chi connectivity index (χ0) is 24.4. The zero-order valence-electron chi connectivity index (χ0n) is 19.5. The van der Waals surface area contributed by atoms with Crippen molar-refractivity contribution < 1.29 is 16.8 Å². The zero-order valence-corrected chi connectivity index (χ0v) is 21.1. The van der Waals surface area contributed by atoms with Gasteiger partial charge in [0.05, 0.1) is 18.0 Å². The van der Waals surface area contributed by atoms with E-state index >= 15 is 0 Å². The minimum Gasteiger partial charge on any atom is -0.354 e. The number of rotatable bonds is 9. The summed E-state index contributed by atoms with van der Waals surface area (Å²) in [5, 5.41) is 0.894. The van der Waals surface area contributed by atoms with E-state index < -0.39 is 20.0 Å². The number of pyridine rings is 1. The Bertz CT molecular complexity index is 1350. The van der Waals surface area contributed by atoms with Crippen LogP contribution < -0.4 is 14.3 Å². The van der Waals surface area contributed by atoms with E-state index in [4.69, 9.17) is 4.98 Å². The molecule has 0 radical (unpaired) electrons. The Hall–Kier alpha value is -2.85. The predicted molar refractivity (Wildman–Crippen MR) is 136 cm³/mol. The molecular weight excluding hydrogens is 460 g/mol. The van der Waals surface area contributed by atoms with Gasteiger partial charge in [-0.05, 0) is 74.7 Å². The van der Waals surface area contributed by atoms with E-state index in [1.54, 1.807) is 24.3 Å². The molecule has 178 valence electrons. The maximum Gasteiger partial charge on any atom is 0.229 e. The van der Waals surface area contributed by atoms with E-state index in [0.717, 1.165) is 53.3 Å². The van der Waals surface area contributed by atoms with Crippen molar-refractivity contribution in [2.75, 3.05) is 33.4 Å². The molecule has 0 saturated heterocycles. The highest BCUT2D eigenvalue weighted by Crippen LogP contribution is 2.27. The van der Waals surface area contributed by atoms with Crippen LogP contribution in [0.4, 0.5) is 17.2 Å². The van der Waals surface area contributed by atoms with E-state index in [0.29, 0.717) is 11.4 Å². The molecule has 0 aliphatic carbocycles. The first kappa shape index (κ1) is 24.8. The number of nitrogens with one attached hydrogen (secondary N) is 2. The lowest BCUT2D eigenvalue weighted by Crippen LogP contribution is -2.33. The molecule has 1 heterocycles. The molecule has 3 rings (SSSR count). The Morgan fingerprint density at radius 3 is 2.03 bits per heavy atom. The van der Waals surface area contributed by atoms with Crippen LogP contribution in [0.3, 0.4) is 0 Å². The third-order valence-corrected chi connectivity index (χ3v) is 6.33. The van der Waals surface area contributed by atoms with Crippen molar-refractivity contribution in [1.29, 1.82) is 0 Å². The average molecular weight is 491 g/mol. The van der Waals surface area contributed by atoms with E-state index in [2.05, 4.69) is 28.2 Å². The molecule has 0 amide bonds. The summed E-state index contributed by atoms with van der Waals surface area (Å²) in [7, 11) is -6.65. The first-order valence-electron chi connectivity index (χ1n) is 10.5. The number of hydrogen-bond donors (Lipinski definition) is 2. The summed E-state index contributed by atoms with van der Waals surface area (Å²) in [6, 6.07) is 14.9. The summed E-state index contributed by atoms with van der Waals surface area (Å²) < 4.78 is 50.8. The van der Waals surface area contributed by atoms with Gasteiger partial charge in [0.1, 0.15) is 5.82 Å². The van der Waals surface area contributed by atoms with Crippen molar-refractivity contribution in [2.24, 2.45) is 0 Å². The fourth-order valence-corrected chi connectivity index (χ4v) is 4.76. The van der Waals surface area contributed by atoms with Gasteiger partial charge in [-0.25, -0.2) is 21.8 Å². The second-order valence-corrected chi connectivity index (χ2v) is 12.0. The standard InChI is InChI=1S/C23H30N4O4S2/c1-16(2)27(13-12-18-6-8-19(9-7-18)25-32(4,28)29)23-14-17(3)21-15-20(26-33(5,30)31)10-11-22(21)24-23/h6-11,14-16,25-26H,12-13H2,1-5H3. The number of aryl methyl sites for hydroxylation is 1. The second-order valence-electron chi connectivity index (χ2n) is 8.51. The lowest BCUT2D eigenvalue weighted by atomic mass is 10.1. The molecule has 0 aliphatic heterocycles. The summed E-state index contributed by atoms with van der Waals surface area (Å²) in [6.07, 6.45) is 3.03. The van der Waals surface area contributed by atoms with Crippen molar-refractivity contribution in [3.63, 3.8) is 0 Å². The molecule has 2 aromatic carbocycles. The number of hydrogen-bond acceptors (Lipinski definition) is 6. The smallest absolute Gasteiger partial charge is 0.229 e. The summed E-state index contributed by atoms with van der Waals surface area (Å²) in [5.74, 6) is 0.856. The minimum atomic E-state index is -3.35. The van der Waals surface area contributed by atoms with Crippen molar-refractivity contribution in [3.8, 4) is 0 Å². The number of fused-ring (bicyclic) bond motifs is 1. The quantitative estimate of drug-likeness (QED) is 0.473. The molecule has 0 unspecified atom stereocenters. The molecule has 0 saturated carbocycles. The van der Waals surface area contributed by atoms with Crippen LogP contribution in [0.1, 0.15) is 25.0 Å². The van der Waals surface area contributed by atoms with Gasteiger partial charge in [0.15, 0.2) is 0 Å². The summed E-state index contributed by atoms with van der Waals surface area (Å²) in [4.78, 5) is 7.05. The van der Waals surface area contributed by atoms with Crippen LogP contribution in [0, 0.1) is 6.92 Å². The SMILES string of the molecule is Cc1cc(N(CCc2ccc(NS(C)(=O)=O)cc2)C(C)C)nc2ccc(NS(C)(=O)=O)cc12. The van der Waals surface area contributed by atoms with Crippen LogP contribution >= 0.6 is 0 Å². The minimum absolute atomic E-state index is 0.215.